The van der Waals surface area contributed by atoms with E-state index in [9.17, 15) is 0 Å². The van der Waals surface area contributed by atoms with Crippen molar-refractivity contribution in [3.63, 3.8) is 0 Å². The molecule has 1 fully saturated rings. The number of rotatable bonds is 0. The van der Waals surface area contributed by atoms with E-state index in [4.69, 9.17) is 12.2 Å². The van der Waals surface area contributed by atoms with Gasteiger partial charge in [0.05, 0.1) is 0 Å². The molecule has 0 aromatic heterocycles. The second-order valence-electron chi connectivity index (χ2n) is 1.90. The minimum atomic E-state index is 0.729. The Morgan fingerprint density at radius 1 is 1.25 bits per heavy atom. The molecule has 1 saturated heterocycles. The molecule has 0 radical (unpaired) electrons. The number of hydrogen-bond acceptors (Lipinski definition) is 3. The lowest BCUT2D eigenvalue weighted by Crippen LogP contribution is -2.04. The van der Waals surface area contributed by atoms with Crippen LogP contribution >= 0.6 is 35.7 Å². The fourth-order valence-corrected chi connectivity index (χ4v) is 3.89. The maximum atomic E-state index is 5.00. The Labute approximate surface area is 63.8 Å². The largest absolute Gasteiger partial charge is 0.104 e. The van der Waals surface area contributed by atoms with Crippen LogP contribution in [-0.4, -0.2) is 14.0 Å². The van der Waals surface area contributed by atoms with Crippen LogP contribution in [0.15, 0.2) is 0 Å². The molecule has 0 spiro atoms. The predicted molar refractivity (Wildman–Crippen MR) is 46.7 cm³/mol. The molecular weight excluding hydrogens is 156 g/mol. The average Bonchev–Trinajstić information content (AvgIpc) is 1.85. The monoisotopic (exact) mass is 164 g/mol. The van der Waals surface area contributed by atoms with Crippen molar-refractivity contribution in [2.75, 3.05) is 0 Å². The molecule has 2 atom stereocenters. The van der Waals surface area contributed by atoms with Gasteiger partial charge in [0.15, 0.2) is 0 Å². The van der Waals surface area contributed by atoms with Gasteiger partial charge in [-0.25, -0.2) is 0 Å². The molecule has 0 aliphatic carbocycles. The van der Waals surface area contributed by atoms with E-state index in [1.807, 2.05) is 23.5 Å². The summed E-state index contributed by atoms with van der Waals surface area (Å²) >= 11 is 8.64. The van der Waals surface area contributed by atoms with Crippen LogP contribution in [0, 0.1) is 0 Å². The van der Waals surface area contributed by atoms with E-state index in [1.54, 1.807) is 0 Å². The van der Waals surface area contributed by atoms with E-state index in [0.29, 0.717) is 0 Å². The van der Waals surface area contributed by atoms with Gasteiger partial charge >= 0.3 is 0 Å². The first-order valence-electron chi connectivity index (χ1n) is 2.57. The summed E-state index contributed by atoms with van der Waals surface area (Å²) in [5, 5.41) is 1.46. The highest BCUT2D eigenvalue weighted by molar-refractivity contribution is 8.49. The Kier molecular flexibility index (Phi) is 2.23. The van der Waals surface area contributed by atoms with Gasteiger partial charge in [0.25, 0.3) is 0 Å². The zero-order chi connectivity index (χ0) is 6.15. The van der Waals surface area contributed by atoms with Gasteiger partial charge < -0.3 is 0 Å². The Morgan fingerprint density at radius 3 is 1.75 bits per heavy atom. The molecule has 0 N–H and O–H groups in total. The van der Waals surface area contributed by atoms with Crippen molar-refractivity contribution in [3.05, 3.63) is 0 Å². The summed E-state index contributed by atoms with van der Waals surface area (Å²) in [5.74, 6) is 0. The molecule has 0 aromatic carbocycles. The number of thioether (sulfide) groups is 2. The smallest absolute Gasteiger partial charge is 0.103 e. The molecular formula is C5H8S3. The predicted octanol–water partition coefficient (Wildman–Crippen LogP) is 2.53. The fraction of sp³-hybridized carbons (Fsp3) is 0.800. The first kappa shape index (κ1) is 6.90. The summed E-state index contributed by atoms with van der Waals surface area (Å²) in [5.41, 5.74) is 0. The van der Waals surface area contributed by atoms with Crippen LogP contribution in [-0.2, 0) is 0 Å². The fourth-order valence-electron chi connectivity index (χ4n) is 0.523. The number of hydrogen-bond donors (Lipinski definition) is 0. The summed E-state index contributed by atoms with van der Waals surface area (Å²) in [4.78, 5) is 0. The van der Waals surface area contributed by atoms with Crippen molar-refractivity contribution < 1.29 is 0 Å². The van der Waals surface area contributed by atoms with Crippen molar-refractivity contribution in [3.8, 4) is 0 Å². The molecule has 0 bridgehead atoms. The molecule has 0 unspecified atom stereocenters. The lowest BCUT2D eigenvalue weighted by atomic mass is 10.4. The quantitative estimate of drug-likeness (QED) is 0.505. The molecule has 0 aromatic rings. The van der Waals surface area contributed by atoms with Gasteiger partial charge in [0.2, 0.25) is 0 Å². The van der Waals surface area contributed by atoms with E-state index >= 15 is 0 Å². The Balaban J connectivity index is 2.51. The van der Waals surface area contributed by atoms with Crippen molar-refractivity contribution in [1.82, 2.24) is 0 Å². The van der Waals surface area contributed by atoms with Crippen LogP contribution in [0.3, 0.4) is 0 Å². The molecule has 1 aliphatic rings. The maximum Gasteiger partial charge on any atom is 0.104 e. The van der Waals surface area contributed by atoms with E-state index in [0.717, 1.165) is 14.0 Å². The second-order valence-corrected chi connectivity index (χ2v) is 5.85. The van der Waals surface area contributed by atoms with Gasteiger partial charge in [-0.2, -0.15) is 0 Å². The van der Waals surface area contributed by atoms with Gasteiger partial charge in [-0.1, -0.05) is 26.1 Å². The third kappa shape index (κ3) is 1.39. The van der Waals surface area contributed by atoms with Crippen LogP contribution in [0.4, 0.5) is 0 Å². The van der Waals surface area contributed by atoms with Crippen molar-refractivity contribution >= 4 is 39.3 Å². The molecule has 8 heavy (non-hydrogen) atoms. The lowest BCUT2D eigenvalue weighted by Gasteiger charge is -2.01. The van der Waals surface area contributed by atoms with Gasteiger partial charge in [-0.15, -0.1) is 23.5 Å². The van der Waals surface area contributed by atoms with Gasteiger partial charge in [0, 0.05) is 10.5 Å². The van der Waals surface area contributed by atoms with Crippen LogP contribution in [0.25, 0.3) is 0 Å². The highest BCUT2D eigenvalue weighted by atomic mass is 32.2. The summed E-state index contributed by atoms with van der Waals surface area (Å²) < 4.78 is 1.12. The maximum absolute atomic E-state index is 5.00. The standard InChI is InChI=1S/C5H8S3/c1-3-4(2)8-5(6)7-3/h3-4H,1-2H3/t3-,4-/m0/s1. The first-order chi connectivity index (χ1) is 3.70. The Hall–Kier alpha value is 0.790. The third-order valence-corrected chi connectivity index (χ3v) is 4.50. The molecule has 0 nitrogen and oxygen atoms in total. The molecule has 0 amide bonds. The van der Waals surface area contributed by atoms with Gasteiger partial charge in [0.1, 0.15) is 3.53 Å². The van der Waals surface area contributed by atoms with Crippen molar-refractivity contribution in [2.45, 2.75) is 24.3 Å². The normalized spacial score (nSPS) is 38.5. The minimum Gasteiger partial charge on any atom is -0.103 e. The Bertz CT molecular complexity index is 98.2. The molecule has 3 heteroatoms. The van der Waals surface area contributed by atoms with Gasteiger partial charge in [-0.3, -0.25) is 0 Å². The molecule has 1 aliphatic heterocycles. The van der Waals surface area contributed by atoms with Crippen molar-refractivity contribution in [1.29, 1.82) is 0 Å². The SMILES string of the molecule is C[C@@H]1SC(=S)S[C@H]1C. The number of thiocarbonyl (C=S) groups is 1. The molecule has 1 heterocycles. The molecule has 46 valence electrons. The van der Waals surface area contributed by atoms with Crippen molar-refractivity contribution in [2.24, 2.45) is 0 Å². The van der Waals surface area contributed by atoms with Crippen LogP contribution in [0.5, 0.6) is 0 Å². The highest BCUT2D eigenvalue weighted by Crippen LogP contribution is 2.38. The Morgan fingerprint density at radius 2 is 1.62 bits per heavy atom. The van der Waals surface area contributed by atoms with E-state index < -0.39 is 0 Å². The zero-order valence-corrected chi connectivity index (χ0v) is 7.33. The second kappa shape index (κ2) is 2.58. The summed E-state index contributed by atoms with van der Waals surface area (Å²) in [7, 11) is 0. The topological polar surface area (TPSA) is 0 Å². The highest BCUT2D eigenvalue weighted by Gasteiger charge is 2.24. The third-order valence-electron chi connectivity index (χ3n) is 1.23. The lowest BCUT2D eigenvalue weighted by molar-refractivity contribution is 0.941. The first-order valence-corrected chi connectivity index (χ1v) is 4.74. The average molecular weight is 164 g/mol. The minimum absolute atomic E-state index is 0.729. The molecule has 0 saturated carbocycles. The van der Waals surface area contributed by atoms with Gasteiger partial charge in [-0.05, 0) is 0 Å². The van der Waals surface area contributed by atoms with E-state index in [-0.39, 0.29) is 0 Å². The molecule has 1 rings (SSSR count). The van der Waals surface area contributed by atoms with Crippen LogP contribution in [0.2, 0.25) is 0 Å². The van der Waals surface area contributed by atoms with Crippen LogP contribution in [0.1, 0.15) is 13.8 Å². The summed E-state index contributed by atoms with van der Waals surface area (Å²) in [6, 6.07) is 0. The summed E-state index contributed by atoms with van der Waals surface area (Å²) in [6.07, 6.45) is 0. The summed E-state index contributed by atoms with van der Waals surface area (Å²) in [6.45, 7) is 4.45. The van der Waals surface area contributed by atoms with Crippen LogP contribution < -0.4 is 0 Å². The van der Waals surface area contributed by atoms with E-state index in [1.165, 1.54) is 0 Å². The zero-order valence-electron chi connectivity index (χ0n) is 4.88. The van der Waals surface area contributed by atoms with E-state index in [2.05, 4.69) is 13.8 Å².